The molecular weight excluding hydrogens is 218 g/mol. The molecule has 0 aromatic heterocycles. The van der Waals surface area contributed by atoms with Gasteiger partial charge in [0.05, 0.1) is 12.0 Å². The van der Waals surface area contributed by atoms with Gasteiger partial charge < -0.3 is 9.84 Å². The molecule has 0 spiro atoms. The van der Waals surface area contributed by atoms with Gasteiger partial charge in [-0.2, -0.15) is 0 Å². The van der Waals surface area contributed by atoms with E-state index < -0.39 is 6.09 Å². The molecule has 17 heavy (non-hydrogen) atoms. The van der Waals surface area contributed by atoms with Crippen molar-refractivity contribution in [1.82, 2.24) is 4.90 Å². The monoisotopic (exact) mass is 235 g/mol. The summed E-state index contributed by atoms with van der Waals surface area (Å²) in [4.78, 5) is 12.6. The minimum Gasteiger partial charge on any atom is -0.465 e. The zero-order valence-electron chi connectivity index (χ0n) is 10.4. The number of hydrogen-bond donors (Lipinski definition) is 1. The highest BCUT2D eigenvalue weighted by atomic mass is 16.5. The lowest BCUT2D eigenvalue weighted by atomic mass is 9.88. The standard InChI is InChI=1S/C13H17NO3/c1-4-14(12(15)16)11-10-9(6-5-7-17-10)8-13(11,2)3/h5-7H,4,8H2,1-3H3,(H,15,16). The van der Waals surface area contributed by atoms with E-state index in [1.165, 1.54) is 4.90 Å². The highest BCUT2D eigenvalue weighted by Gasteiger charge is 2.42. The van der Waals surface area contributed by atoms with E-state index in [9.17, 15) is 9.90 Å². The van der Waals surface area contributed by atoms with Crippen LogP contribution < -0.4 is 0 Å². The van der Waals surface area contributed by atoms with Crippen molar-refractivity contribution in [1.29, 1.82) is 0 Å². The summed E-state index contributed by atoms with van der Waals surface area (Å²) >= 11 is 0. The summed E-state index contributed by atoms with van der Waals surface area (Å²) < 4.78 is 5.51. The van der Waals surface area contributed by atoms with Gasteiger partial charge in [0.25, 0.3) is 0 Å². The Balaban J connectivity index is 2.51. The summed E-state index contributed by atoms with van der Waals surface area (Å²) in [5, 5.41) is 9.25. The molecule has 92 valence electrons. The van der Waals surface area contributed by atoms with E-state index in [1.54, 1.807) is 6.26 Å². The Hall–Kier alpha value is -1.71. The molecule has 1 heterocycles. The summed E-state index contributed by atoms with van der Waals surface area (Å²) in [6, 6.07) is 0. The number of amides is 1. The van der Waals surface area contributed by atoms with Crippen molar-refractivity contribution >= 4 is 6.09 Å². The van der Waals surface area contributed by atoms with Gasteiger partial charge in [-0.05, 0) is 25.0 Å². The molecule has 0 radical (unpaired) electrons. The first kappa shape index (κ1) is 11.8. The van der Waals surface area contributed by atoms with Crippen molar-refractivity contribution in [2.75, 3.05) is 6.54 Å². The molecule has 2 aliphatic rings. The fourth-order valence-corrected chi connectivity index (χ4v) is 2.51. The first-order chi connectivity index (χ1) is 7.97. The number of allylic oxidation sites excluding steroid dienone is 4. The first-order valence-electron chi connectivity index (χ1n) is 5.75. The van der Waals surface area contributed by atoms with Crippen molar-refractivity contribution in [2.45, 2.75) is 27.2 Å². The lowest BCUT2D eigenvalue weighted by Crippen LogP contribution is -2.34. The maximum Gasteiger partial charge on any atom is 0.411 e. The van der Waals surface area contributed by atoms with Crippen LogP contribution in [0.5, 0.6) is 0 Å². The molecule has 4 nitrogen and oxygen atoms in total. The second-order valence-electron chi connectivity index (χ2n) is 4.90. The Morgan fingerprint density at radius 1 is 1.59 bits per heavy atom. The van der Waals surface area contributed by atoms with Crippen molar-refractivity contribution < 1.29 is 14.6 Å². The minimum atomic E-state index is -0.928. The van der Waals surface area contributed by atoms with Crippen molar-refractivity contribution in [2.24, 2.45) is 5.41 Å². The second-order valence-corrected chi connectivity index (χ2v) is 4.90. The molecule has 1 N–H and O–H groups in total. The molecule has 1 aliphatic heterocycles. The smallest absolute Gasteiger partial charge is 0.411 e. The summed E-state index contributed by atoms with van der Waals surface area (Å²) in [5.74, 6) is 0.710. The van der Waals surface area contributed by atoms with E-state index in [1.807, 2.05) is 32.9 Å². The van der Waals surface area contributed by atoms with Crippen LogP contribution in [0.1, 0.15) is 27.2 Å². The maximum atomic E-state index is 11.3. The van der Waals surface area contributed by atoms with Gasteiger partial charge in [-0.3, -0.25) is 4.90 Å². The van der Waals surface area contributed by atoms with E-state index >= 15 is 0 Å². The summed E-state index contributed by atoms with van der Waals surface area (Å²) in [5.41, 5.74) is 1.64. The Morgan fingerprint density at radius 3 is 2.88 bits per heavy atom. The molecule has 0 saturated carbocycles. The second kappa shape index (κ2) is 3.95. The average molecular weight is 235 g/mol. The largest absolute Gasteiger partial charge is 0.465 e. The first-order valence-corrected chi connectivity index (χ1v) is 5.75. The van der Waals surface area contributed by atoms with Gasteiger partial charge in [-0.15, -0.1) is 0 Å². The van der Waals surface area contributed by atoms with Gasteiger partial charge in [-0.1, -0.05) is 19.9 Å². The summed E-state index contributed by atoms with van der Waals surface area (Å²) in [6.07, 6.45) is 5.31. The molecule has 0 aromatic rings. The Morgan fingerprint density at radius 2 is 2.29 bits per heavy atom. The number of rotatable bonds is 2. The molecule has 0 fully saturated rings. The topological polar surface area (TPSA) is 49.8 Å². The van der Waals surface area contributed by atoms with Crippen LogP contribution in [0.15, 0.2) is 35.4 Å². The third-order valence-electron chi connectivity index (χ3n) is 3.16. The van der Waals surface area contributed by atoms with Crippen molar-refractivity contribution in [3.63, 3.8) is 0 Å². The Kier molecular flexibility index (Phi) is 2.73. The lowest BCUT2D eigenvalue weighted by Gasteiger charge is -2.29. The number of ether oxygens (including phenoxy) is 1. The maximum absolute atomic E-state index is 11.3. The van der Waals surface area contributed by atoms with Gasteiger partial charge in [0.15, 0.2) is 0 Å². The summed E-state index contributed by atoms with van der Waals surface area (Å²) in [6.45, 7) is 6.35. The average Bonchev–Trinajstić information content (AvgIpc) is 2.51. The van der Waals surface area contributed by atoms with E-state index in [0.29, 0.717) is 12.3 Å². The van der Waals surface area contributed by atoms with Crippen LogP contribution in [-0.2, 0) is 4.74 Å². The third-order valence-corrected chi connectivity index (χ3v) is 3.16. The van der Waals surface area contributed by atoms with Crippen LogP contribution >= 0.6 is 0 Å². The molecule has 1 amide bonds. The van der Waals surface area contributed by atoms with E-state index in [0.717, 1.165) is 17.7 Å². The molecule has 1 aliphatic carbocycles. The van der Waals surface area contributed by atoms with Crippen molar-refractivity contribution in [3.8, 4) is 0 Å². The van der Waals surface area contributed by atoms with Crippen LogP contribution in [0.4, 0.5) is 4.79 Å². The van der Waals surface area contributed by atoms with Gasteiger partial charge in [0.1, 0.15) is 5.76 Å². The zero-order chi connectivity index (χ0) is 12.6. The molecule has 0 bridgehead atoms. The number of carboxylic acid groups (broad SMARTS) is 1. The predicted octanol–water partition coefficient (Wildman–Crippen LogP) is 3.10. The third kappa shape index (κ3) is 1.84. The molecule has 4 heteroatoms. The van der Waals surface area contributed by atoms with Crippen LogP contribution in [0.25, 0.3) is 0 Å². The molecule has 2 rings (SSSR count). The highest BCUT2D eigenvalue weighted by molar-refractivity contribution is 5.69. The number of carbonyl (C=O) groups is 1. The zero-order valence-corrected chi connectivity index (χ0v) is 10.4. The van der Waals surface area contributed by atoms with Gasteiger partial charge in [0.2, 0.25) is 0 Å². The van der Waals surface area contributed by atoms with E-state index in [-0.39, 0.29) is 5.41 Å². The van der Waals surface area contributed by atoms with Gasteiger partial charge in [-0.25, -0.2) is 4.79 Å². The molecule has 0 saturated heterocycles. The molecular formula is C13H17NO3. The number of fused-ring (bicyclic) bond motifs is 1. The lowest BCUT2D eigenvalue weighted by molar-refractivity contribution is 0.148. The quantitative estimate of drug-likeness (QED) is 0.800. The van der Waals surface area contributed by atoms with Gasteiger partial charge >= 0.3 is 6.09 Å². The Bertz CT molecular complexity index is 444. The SMILES string of the molecule is CCN(C(=O)O)C1=C2OC=CC=C2CC1(C)C. The van der Waals surface area contributed by atoms with E-state index in [2.05, 4.69) is 0 Å². The van der Waals surface area contributed by atoms with Crippen LogP contribution in [-0.4, -0.2) is 22.6 Å². The molecule has 0 aromatic carbocycles. The molecule has 0 unspecified atom stereocenters. The van der Waals surface area contributed by atoms with Crippen LogP contribution in [0.3, 0.4) is 0 Å². The fourth-order valence-electron chi connectivity index (χ4n) is 2.51. The molecule has 0 atom stereocenters. The predicted molar refractivity (Wildman–Crippen MR) is 64.1 cm³/mol. The fraction of sp³-hybridized carbons (Fsp3) is 0.462. The Labute approximate surface area is 101 Å². The van der Waals surface area contributed by atoms with Crippen molar-refractivity contribution in [3.05, 3.63) is 35.4 Å². The van der Waals surface area contributed by atoms with Gasteiger partial charge in [0, 0.05) is 12.0 Å². The number of nitrogens with zero attached hydrogens (tertiary/aromatic N) is 1. The summed E-state index contributed by atoms with van der Waals surface area (Å²) in [7, 11) is 0. The minimum absolute atomic E-state index is 0.207. The number of hydrogen-bond acceptors (Lipinski definition) is 2. The van der Waals surface area contributed by atoms with Crippen LogP contribution in [0.2, 0.25) is 0 Å². The van der Waals surface area contributed by atoms with Crippen LogP contribution in [0, 0.1) is 5.41 Å². The normalized spacial score (nSPS) is 20.8. The van der Waals surface area contributed by atoms with E-state index in [4.69, 9.17) is 4.74 Å². The highest BCUT2D eigenvalue weighted by Crippen LogP contribution is 2.48.